The van der Waals surface area contributed by atoms with Crippen LogP contribution in [0.25, 0.3) is 5.78 Å². The standard InChI is InChI=1S/C36H43ClN10O5/c37-26-20-29(43-36(50)44-30-23-42-35-39-8-10-47(35)32(30)24-3-1-2-4-24)34(41-22-26)52-17-9-38-31(48)7-16-51-18-15-45-11-13-46(14-12-45)27-5-6-28-25(19-27)21-40-33(28)49/h5-6,8,10,19-20,22-24H,1-4,7,9,11-18,21H2,(H,38,48)(H,40,49)(H2,43,44,50). The van der Waals surface area contributed by atoms with E-state index in [-0.39, 0.29) is 37.3 Å². The molecule has 4 N–H and O–H groups in total. The minimum Gasteiger partial charge on any atom is -0.474 e. The molecule has 16 heteroatoms. The number of rotatable bonds is 14. The molecule has 2 aliphatic heterocycles. The van der Waals surface area contributed by atoms with E-state index in [1.807, 2.05) is 22.7 Å². The predicted octanol–water partition coefficient (Wildman–Crippen LogP) is 4.05. The molecule has 0 bridgehead atoms. The third-order valence-electron chi connectivity index (χ3n) is 9.72. The number of hydrogen-bond donors (Lipinski definition) is 4. The van der Waals surface area contributed by atoms with Gasteiger partial charge in [0.1, 0.15) is 12.3 Å². The number of aromatic nitrogens is 4. The first-order valence-electron chi connectivity index (χ1n) is 17.8. The predicted molar refractivity (Wildman–Crippen MR) is 196 cm³/mol. The van der Waals surface area contributed by atoms with Crippen molar-refractivity contribution >= 4 is 52.3 Å². The summed E-state index contributed by atoms with van der Waals surface area (Å²) in [5.41, 5.74) is 4.87. The number of carbonyl (C=O) groups is 3. The average molecular weight is 731 g/mol. The van der Waals surface area contributed by atoms with Gasteiger partial charge in [-0.2, -0.15) is 0 Å². The maximum absolute atomic E-state index is 13.2. The van der Waals surface area contributed by atoms with Gasteiger partial charge in [-0.05, 0) is 42.7 Å². The molecular weight excluding hydrogens is 688 g/mol. The lowest BCUT2D eigenvalue weighted by molar-refractivity contribution is -0.122. The Kier molecular flexibility index (Phi) is 11.3. The quantitative estimate of drug-likeness (QED) is 0.139. The number of piperazine rings is 1. The van der Waals surface area contributed by atoms with Crippen molar-refractivity contribution in [3.05, 3.63) is 70.9 Å². The molecule has 1 saturated carbocycles. The largest absolute Gasteiger partial charge is 0.474 e. The van der Waals surface area contributed by atoms with Crippen LogP contribution in [0.5, 0.6) is 5.88 Å². The molecule has 0 unspecified atom stereocenters. The maximum Gasteiger partial charge on any atom is 0.323 e. The first-order valence-corrected chi connectivity index (χ1v) is 18.2. The van der Waals surface area contributed by atoms with Crippen molar-refractivity contribution in [3.63, 3.8) is 0 Å². The summed E-state index contributed by atoms with van der Waals surface area (Å²) in [5.74, 6) is 0.925. The second-order valence-electron chi connectivity index (χ2n) is 13.1. The first-order chi connectivity index (χ1) is 25.4. The van der Waals surface area contributed by atoms with Gasteiger partial charge in [0.25, 0.3) is 5.91 Å². The van der Waals surface area contributed by atoms with E-state index in [1.54, 1.807) is 18.5 Å². The highest BCUT2D eigenvalue weighted by Gasteiger charge is 2.25. The van der Waals surface area contributed by atoms with Gasteiger partial charge in [-0.3, -0.25) is 18.9 Å². The van der Waals surface area contributed by atoms with Crippen LogP contribution in [0.4, 0.5) is 21.9 Å². The Morgan fingerprint density at radius 2 is 1.79 bits per heavy atom. The van der Waals surface area contributed by atoms with E-state index in [4.69, 9.17) is 21.1 Å². The Balaban J connectivity index is 0.794. The number of nitrogens with one attached hydrogen (secondary N) is 4. The summed E-state index contributed by atoms with van der Waals surface area (Å²) in [5, 5.41) is 11.8. The van der Waals surface area contributed by atoms with Gasteiger partial charge in [-0.25, -0.2) is 19.7 Å². The molecule has 3 aromatic heterocycles. The lowest BCUT2D eigenvalue weighted by Crippen LogP contribution is -2.47. The molecule has 0 atom stereocenters. The Labute approximate surface area is 306 Å². The van der Waals surface area contributed by atoms with Gasteiger partial charge in [0.2, 0.25) is 17.6 Å². The van der Waals surface area contributed by atoms with E-state index in [9.17, 15) is 14.4 Å². The summed E-state index contributed by atoms with van der Waals surface area (Å²) >= 11 is 6.20. The molecule has 274 valence electrons. The van der Waals surface area contributed by atoms with Crippen LogP contribution in [0.3, 0.4) is 0 Å². The van der Waals surface area contributed by atoms with Crippen LogP contribution in [0.1, 0.15) is 59.6 Å². The Morgan fingerprint density at radius 3 is 2.63 bits per heavy atom. The highest BCUT2D eigenvalue weighted by atomic mass is 35.5. The van der Waals surface area contributed by atoms with Crippen LogP contribution in [0.15, 0.2) is 49.1 Å². The second kappa shape index (κ2) is 16.6. The van der Waals surface area contributed by atoms with Crippen molar-refractivity contribution in [2.45, 2.75) is 44.6 Å². The number of urea groups is 1. The number of hydrogen-bond acceptors (Lipinski definition) is 10. The van der Waals surface area contributed by atoms with Crippen LogP contribution < -0.4 is 30.9 Å². The van der Waals surface area contributed by atoms with Crippen LogP contribution >= 0.6 is 11.6 Å². The molecule has 4 amide bonds. The number of pyridine rings is 1. The van der Waals surface area contributed by atoms with Crippen molar-refractivity contribution in [2.75, 3.05) is 74.6 Å². The number of imidazole rings is 1. The normalized spacial score (nSPS) is 16.2. The minimum absolute atomic E-state index is 0.00254. The van der Waals surface area contributed by atoms with Gasteiger partial charge in [0.05, 0.1) is 42.4 Å². The zero-order chi connectivity index (χ0) is 35.9. The van der Waals surface area contributed by atoms with Gasteiger partial charge in [0, 0.05) is 81.4 Å². The molecular formula is C36H43ClN10O5. The molecule has 3 aliphatic rings. The molecule has 15 nitrogen and oxygen atoms in total. The number of carbonyl (C=O) groups excluding carboxylic acids is 3. The summed E-state index contributed by atoms with van der Waals surface area (Å²) in [6.07, 6.45) is 11.2. The Morgan fingerprint density at radius 1 is 0.962 bits per heavy atom. The Bertz CT molecular complexity index is 1910. The molecule has 52 heavy (non-hydrogen) atoms. The molecule has 1 saturated heterocycles. The van der Waals surface area contributed by atoms with E-state index in [2.05, 4.69) is 52.1 Å². The highest BCUT2D eigenvalue weighted by molar-refractivity contribution is 6.30. The molecule has 1 aromatic carbocycles. The number of anilines is 3. The SMILES string of the molecule is O=C(CCOCCN1CCN(c2ccc3c(c2)CNC3=O)CC1)NCCOc1ncc(Cl)cc1NC(=O)Nc1cnc2nccn2c1C1CCCC1. The summed E-state index contributed by atoms with van der Waals surface area (Å²) < 4.78 is 13.5. The van der Waals surface area contributed by atoms with E-state index >= 15 is 0 Å². The second-order valence-corrected chi connectivity index (χ2v) is 13.6. The van der Waals surface area contributed by atoms with E-state index in [1.165, 1.54) is 6.20 Å². The van der Waals surface area contributed by atoms with Gasteiger partial charge < -0.3 is 35.6 Å². The van der Waals surface area contributed by atoms with Crippen LogP contribution in [0, 0.1) is 0 Å². The molecule has 1 aliphatic carbocycles. The van der Waals surface area contributed by atoms with Gasteiger partial charge in [0.15, 0.2) is 0 Å². The fourth-order valence-corrected chi connectivity index (χ4v) is 7.21. The number of halogens is 1. The van der Waals surface area contributed by atoms with E-state index < -0.39 is 6.03 Å². The lowest BCUT2D eigenvalue weighted by atomic mass is 10.0. The van der Waals surface area contributed by atoms with Crippen molar-refractivity contribution in [1.82, 2.24) is 34.9 Å². The molecule has 2 fully saturated rings. The number of fused-ring (bicyclic) bond motifs is 2. The monoisotopic (exact) mass is 730 g/mol. The molecule has 4 aromatic rings. The fourth-order valence-electron chi connectivity index (χ4n) is 7.05. The summed E-state index contributed by atoms with van der Waals surface area (Å²) in [6, 6.07) is 7.13. The average Bonchev–Trinajstić information content (AvgIpc) is 3.93. The topological polar surface area (TPSA) is 167 Å². The summed E-state index contributed by atoms with van der Waals surface area (Å²) in [4.78, 5) is 55.0. The van der Waals surface area contributed by atoms with Gasteiger partial charge in [-0.1, -0.05) is 24.4 Å². The van der Waals surface area contributed by atoms with Crippen LogP contribution in [-0.4, -0.2) is 101 Å². The number of amides is 4. The Hall–Kier alpha value is -4.99. The van der Waals surface area contributed by atoms with E-state index in [0.29, 0.717) is 47.9 Å². The summed E-state index contributed by atoms with van der Waals surface area (Å²) in [6.45, 7) is 6.30. The van der Waals surface area contributed by atoms with Crippen molar-refractivity contribution in [2.24, 2.45) is 0 Å². The maximum atomic E-state index is 13.2. The molecule has 0 spiro atoms. The summed E-state index contributed by atoms with van der Waals surface area (Å²) in [7, 11) is 0. The van der Waals surface area contributed by atoms with Gasteiger partial charge >= 0.3 is 6.03 Å². The first kappa shape index (κ1) is 35.4. The van der Waals surface area contributed by atoms with Crippen LogP contribution in [0.2, 0.25) is 5.02 Å². The highest BCUT2D eigenvalue weighted by Crippen LogP contribution is 2.38. The third-order valence-corrected chi connectivity index (χ3v) is 9.93. The number of nitrogens with zero attached hydrogens (tertiary/aromatic N) is 6. The zero-order valence-electron chi connectivity index (χ0n) is 28.9. The van der Waals surface area contributed by atoms with Crippen molar-refractivity contribution in [3.8, 4) is 5.88 Å². The number of benzene rings is 1. The molecule has 7 rings (SSSR count). The van der Waals surface area contributed by atoms with E-state index in [0.717, 1.165) is 80.9 Å². The van der Waals surface area contributed by atoms with Crippen molar-refractivity contribution < 1.29 is 23.9 Å². The molecule has 0 radical (unpaired) electrons. The number of ether oxygens (including phenoxy) is 2. The smallest absolute Gasteiger partial charge is 0.323 e. The van der Waals surface area contributed by atoms with Gasteiger partial charge in [-0.15, -0.1) is 0 Å². The fraction of sp³-hybridized carbons (Fsp3) is 0.444. The van der Waals surface area contributed by atoms with Crippen molar-refractivity contribution in [1.29, 1.82) is 0 Å². The van der Waals surface area contributed by atoms with Crippen LogP contribution in [-0.2, 0) is 16.1 Å². The third kappa shape index (κ3) is 8.54. The zero-order valence-corrected chi connectivity index (χ0v) is 29.7. The molecule has 5 heterocycles. The minimum atomic E-state index is -0.489. The lowest BCUT2D eigenvalue weighted by Gasteiger charge is -2.36.